The van der Waals surface area contributed by atoms with Crippen molar-refractivity contribution in [3.05, 3.63) is 17.1 Å². The molecule has 1 aliphatic carbocycles. The van der Waals surface area contributed by atoms with E-state index in [0.29, 0.717) is 5.92 Å². The van der Waals surface area contributed by atoms with Gasteiger partial charge in [-0.1, -0.05) is 33.6 Å². The second-order valence-electron chi connectivity index (χ2n) is 6.29. The Bertz CT molecular complexity index is 454. The topological polar surface area (TPSA) is 37.8 Å². The van der Waals surface area contributed by atoms with Crippen molar-refractivity contribution in [3.63, 3.8) is 0 Å². The second kappa shape index (κ2) is 8.02. The number of thioether (sulfide) groups is 1. The van der Waals surface area contributed by atoms with Crippen LogP contribution in [0.3, 0.4) is 0 Å². The third-order valence-corrected chi connectivity index (χ3v) is 5.42. The predicted molar refractivity (Wildman–Crippen MR) is 93.2 cm³/mol. The summed E-state index contributed by atoms with van der Waals surface area (Å²) < 4.78 is 0. The molecule has 1 N–H and O–H groups in total. The molecule has 0 radical (unpaired) electrons. The molecule has 0 spiro atoms. The average Bonchev–Trinajstić information content (AvgIpc) is 2.95. The van der Waals surface area contributed by atoms with E-state index in [4.69, 9.17) is 9.97 Å². The van der Waals surface area contributed by atoms with Crippen LogP contribution >= 0.6 is 11.8 Å². The maximum Gasteiger partial charge on any atom is 0.140 e. The maximum absolute atomic E-state index is 4.81. The molecule has 3 nitrogen and oxygen atoms in total. The molecule has 118 valence electrons. The van der Waals surface area contributed by atoms with E-state index in [1.807, 2.05) is 11.8 Å². The van der Waals surface area contributed by atoms with E-state index in [1.165, 1.54) is 31.2 Å². The number of rotatable bonds is 7. The van der Waals surface area contributed by atoms with Crippen LogP contribution in [0.1, 0.15) is 75.9 Å². The highest BCUT2D eigenvalue weighted by atomic mass is 32.2. The Balaban J connectivity index is 2.11. The van der Waals surface area contributed by atoms with Gasteiger partial charge < -0.3 is 5.32 Å². The summed E-state index contributed by atoms with van der Waals surface area (Å²) in [6, 6.07) is 0. The Kier molecular flexibility index (Phi) is 6.34. The molecular formula is C17H29N3S. The highest BCUT2D eigenvalue weighted by molar-refractivity contribution is 7.99. The zero-order valence-corrected chi connectivity index (χ0v) is 14.7. The minimum atomic E-state index is 0.459. The molecule has 4 heteroatoms. The number of hydrogen-bond donors (Lipinski definition) is 1. The standard InChI is InChI=1S/C17H29N3S/c1-5-10-18-17-16(12(2)3)13(4)19-15(20-17)11-21-14-8-6-7-9-14/h12,14H,5-11H2,1-4H3,(H,18,19,20). The van der Waals surface area contributed by atoms with E-state index in [1.54, 1.807) is 0 Å². The van der Waals surface area contributed by atoms with Gasteiger partial charge in [0.1, 0.15) is 11.6 Å². The number of nitrogens with one attached hydrogen (secondary N) is 1. The minimum absolute atomic E-state index is 0.459. The lowest BCUT2D eigenvalue weighted by molar-refractivity contribution is 0.812. The first-order chi connectivity index (χ1) is 10.1. The van der Waals surface area contributed by atoms with Gasteiger partial charge in [-0.3, -0.25) is 0 Å². The zero-order chi connectivity index (χ0) is 15.2. The smallest absolute Gasteiger partial charge is 0.140 e. The van der Waals surface area contributed by atoms with Crippen molar-refractivity contribution in [2.75, 3.05) is 11.9 Å². The van der Waals surface area contributed by atoms with Crippen LogP contribution in [0.15, 0.2) is 0 Å². The largest absolute Gasteiger partial charge is 0.370 e. The monoisotopic (exact) mass is 307 g/mol. The minimum Gasteiger partial charge on any atom is -0.370 e. The molecule has 21 heavy (non-hydrogen) atoms. The fourth-order valence-electron chi connectivity index (χ4n) is 3.02. The molecule has 0 amide bonds. The van der Waals surface area contributed by atoms with Crippen LogP contribution < -0.4 is 5.32 Å². The molecule has 1 aromatic heterocycles. The molecule has 1 aliphatic rings. The number of aromatic nitrogens is 2. The van der Waals surface area contributed by atoms with Crippen LogP contribution in [0.25, 0.3) is 0 Å². The third kappa shape index (κ3) is 4.60. The first-order valence-corrected chi connectivity index (χ1v) is 9.39. The summed E-state index contributed by atoms with van der Waals surface area (Å²) in [6.07, 6.45) is 6.65. The second-order valence-corrected chi connectivity index (χ2v) is 7.58. The van der Waals surface area contributed by atoms with Crippen LogP contribution in [-0.2, 0) is 5.75 Å². The lowest BCUT2D eigenvalue weighted by Gasteiger charge is -2.17. The van der Waals surface area contributed by atoms with Crippen molar-refractivity contribution in [1.82, 2.24) is 9.97 Å². The fourth-order valence-corrected chi connectivity index (χ4v) is 4.20. The average molecular weight is 308 g/mol. The van der Waals surface area contributed by atoms with Crippen LogP contribution in [-0.4, -0.2) is 21.8 Å². The van der Waals surface area contributed by atoms with Gasteiger partial charge in [-0.05, 0) is 32.1 Å². The Morgan fingerprint density at radius 1 is 1.24 bits per heavy atom. The summed E-state index contributed by atoms with van der Waals surface area (Å²) in [7, 11) is 0. The number of aryl methyl sites for hydroxylation is 1. The van der Waals surface area contributed by atoms with Crippen molar-refractivity contribution in [3.8, 4) is 0 Å². The van der Waals surface area contributed by atoms with E-state index in [2.05, 4.69) is 33.0 Å². The fraction of sp³-hybridized carbons (Fsp3) is 0.765. The van der Waals surface area contributed by atoms with Gasteiger partial charge in [-0.2, -0.15) is 11.8 Å². The van der Waals surface area contributed by atoms with Gasteiger partial charge >= 0.3 is 0 Å². The Hall–Kier alpha value is -0.770. The molecule has 0 unspecified atom stereocenters. The third-order valence-electron chi connectivity index (χ3n) is 4.05. The van der Waals surface area contributed by atoms with Gasteiger partial charge in [-0.15, -0.1) is 0 Å². The first kappa shape index (κ1) is 16.6. The van der Waals surface area contributed by atoms with Gasteiger partial charge in [-0.25, -0.2) is 9.97 Å². The van der Waals surface area contributed by atoms with E-state index in [-0.39, 0.29) is 0 Å². The van der Waals surface area contributed by atoms with Gasteiger partial charge in [0.05, 0.1) is 5.75 Å². The summed E-state index contributed by atoms with van der Waals surface area (Å²) in [5.41, 5.74) is 2.42. The first-order valence-electron chi connectivity index (χ1n) is 8.34. The molecule has 1 saturated carbocycles. The van der Waals surface area contributed by atoms with E-state index in [9.17, 15) is 0 Å². The lowest BCUT2D eigenvalue weighted by Crippen LogP contribution is -2.12. The van der Waals surface area contributed by atoms with Crippen molar-refractivity contribution in [1.29, 1.82) is 0 Å². The molecule has 0 aliphatic heterocycles. The lowest BCUT2D eigenvalue weighted by atomic mass is 10.0. The Morgan fingerprint density at radius 3 is 2.57 bits per heavy atom. The van der Waals surface area contributed by atoms with Crippen molar-refractivity contribution in [2.45, 2.75) is 76.7 Å². The molecule has 1 fully saturated rings. The van der Waals surface area contributed by atoms with Gasteiger partial charge in [0, 0.05) is 23.1 Å². The van der Waals surface area contributed by atoms with Crippen LogP contribution in [0.5, 0.6) is 0 Å². The van der Waals surface area contributed by atoms with E-state index in [0.717, 1.165) is 41.3 Å². The number of hydrogen-bond acceptors (Lipinski definition) is 4. The molecule has 1 heterocycles. The zero-order valence-electron chi connectivity index (χ0n) is 13.9. The van der Waals surface area contributed by atoms with Gasteiger partial charge in [0.15, 0.2) is 0 Å². The molecule has 0 atom stereocenters. The van der Waals surface area contributed by atoms with Gasteiger partial charge in [0.25, 0.3) is 0 Å². The molecule has 2 rings (SSSR count). The van der Waals surface area contributed by atoms with Crippen molar-refractivity contribution >= 4 is 17.6 Å². The summed E-state index contributed by atoms with van der Waals surface area (Å²) in [5, 5.41) is 4.32. The predicted octanol–water partition coefficient (Wildman–Crippen LogP) is 4.91. The molecule has 1 aromatic rings. The normalized spacial score (nSPS) is 15.9. The summed E-state index contributed by atoms with van der Waals surface area (Å²) in [4.78, 5) is 9.56. The Labute approximate surface area is 133 Å². The van der Waals surface area contributed by atoms with Crippen LogP contribution in [0, 0.1) is 6.92 Å². The molecule has 0 aromatic carbocycles. The SMILES string of the molecule is CCCNc1nc(CSC2CCCC2)nc(C)c1C(C)C. The van der Waals surface area contributed by atoms with Crippen molar-refractivity contribution < 1.29 is 0 Å². The Morgan fingerprint density at radius 2 is 1.95 bits per heavy atom. The molecule has 0 bridgehead atoms. The quantitative estimate of drug-likeness (QED) is 0.777. The summed E-state index contributed by atoms with van der Waals surface area (Å²) >= 11 is 2.04. The number of nitrogens with zero attached hydrogens (tertiary/aromatic N) is 2. The molecule has 0 saturated heterocycles. The molecular weight excluding hydrogens is 278 g/mol. The van der Waals surface area contributed by atoms with E-state index < -0.39 is 0 Å². The van der Waals surface area contributed by atoms with Crippen LogP contribution in [0.2, 0.25) is 0 Å². The highest BCUT2D eigenvalue weighted by Gasteiger charge is 2.18. The van der Waals surface area contributed by atoms with E-state index >= 15 is 0 Å². The van der Waals surface area contributed by atoms with Crippen molar-refractivity contribution in [2.24, 2.45) is 0 Å². The number of anilines is 1. The maximum atomic E-state index is 4.81. The summed E-state index contributed by atoms with van der Waals surface area (Å²) in [6.45, 7) is 9.72. The summed E-state index contributed by atoms with van der Waals surface area (Å²) in [5.74, 6) is 3.46. The van der Waals surface area contributed by atoms with Gasteiger partial charge in [0.2, 0.25) is 0 Å². The van der Waals surface area contributed by atoms with Crippen LogP contribution in [0.4, 0.5) is 5.82 Å². The highest BCUT2D eigenvalue weighted by Crippen LogP contribution is 2.32.